The third-order valence-corrected chi connectivity index (χ3v) is 10.8. The zero-order valence-corrected chi connectivity index (χ0v) is 27.4. The van der Waals surface area contributed by atoms with Crippen molar-refractivity contribution >= 4 is 11.8 Å². The molecule has 3 aromatic carbocycles. The number of aryl methyl sites for hydroxylation is 1. The quantitative estimate of drug-likeness (QED) is 0.308. The van der Waals surface area contributed by atoms with Crippen LogP contribution in [0.2, 0.25) is 0 Å². The van der Waals surface area contributed by atoms with E-state index in [1.54, 1.807) is 45.4 Å². The molecule has 3 aromatic rings. The number of likely N-dealkylation sites (N-methyl/N-ethyl adjacent to an activating group) is 1. The summed E-state index contributed by atoms with van der Waals surface area (Å²) in [4.78, 5) is 33.2. The molecule has 0 spiro atoms. The number of imide groups is 1. The Morgan fingerprint density at radius 1 is 1.00 bits per heavy atom. The Bertz CT molecular complexity index is 1900. The van der Waals surface area contributed by atoms with Crippen molar-refractivity contribution < 1.29 is 38.4 Å². The summed E-state index contributed by atoms with van der Waals surface area (Å²) in [5, 5.41) is 22.7. The van der Waals surface area contributed by atoms with Gasteiger partial charge in [0.2, 0.25) is 6.79 Å². The van der Waals surface area contributed by atoms with E-state index in [0.717, 1.165) is 16.7 Å². The Hall–Kier alpha value is -4.83. The second kappa shape index (κ2) is 11.1. The number of hydrogen-bond acceptors (Lipinski definition) is 11. The van der Waals surface area contributed by atoms with Crippen molar-refractivity contribution in [2.75, 3.05) is 41.4 Å². The monoisotopic (exact) mass is 652 g/mol. The van der Waals surface area contributed by atoms with Crippen molar-refractivity contribution in [2.45, 2.75) is 56.9 Å². The largest absolute Gasteiger partial charge is 0.507 e. The highest BCUT2D eigenvalue weighted by atomic mass is 16.7. The molecule has 0 saturated carbocycles. The first-order valence-corrected chi connectivity index (χ1v) is 16.0. The van der Waals surface area contributed by atoms with E-state index in [-0.39, 0.29) is 44.0 Å². The first kappa shape index (κ1) is 30.5. The van der Waals surface area contributed by atoms with Gasteiger partial charge < -0.3 is 28.8 Å². The van der Waals surface area contributed by atoms with Crippen LogP contribution in [0, 0.1) is 25.2 Å². The first-order chi connectivity index (χ1) is 23.2. The molecule has 5 heterocycles. The maximum atomic E-state index is 13.8. The number of nitriles is 1. The third-order valence-electron chi connectivity index (χ3n) is 10.8. The van der Waals surface area contributed by atoms with Gasteiger partial charge in [-0.1, -0.05) is 18.2 Å². The van der Waals surface area contributed by atoms with Crippen LogP contribution >= 0.6 is 0 Å². The molecule has 248 valence electrons. The molecule has 1 saturated heterocycles. The summed E-state index contributed by atoms with van der Waals surface area (Å²) >= 11 is 0. The van der Waals surface area contributed by atoms with E-state index in [4.69, 9.17) is 23.7 Å². The molecule has 8 rings (SSSR count). The minimum atomic E-state index is -0.691. The molecule has 5 aliphatic heterocycles. The van der Waals surface area contributed by atoms with Gasteiger partial charge in [0, 0.05) is 48.0 Å². The molecule has 0 aromatic heterocycles. The topological polar surface area (TPSA) is 134 Å². The number of nitrogens with zero attached hydrogens (tertiary/aromatic N) is 4. The second-order valence-electron chi connectivity index (χ2n) is 13.1. The SMILES string of the molecule is COCOc1c(OC)c(C)cc2c1[C@@H]1C3Cc4c(O)c(C)c5c(c4[C@H](CN4C(=O)c6ccccc6C4=O)N3C(C#N)[C@H](C2)N1C)OCO5. The minimum absolute atomic E-state index is 0.00990. The first-order valence-electron chi connectivity index (χ1n) is 16.0. The van der Waals surface area contributed by atoms with E-state index >= 15 is 0 Å². The number of methoxy groups -OCH3 is 2. The fourth-order valence-corrected chi connectivity index (χ4v) is 8.84. The zero-order chi connectivity index (χ0) is 33.6. The van der Waals surface area contributed by atoms with Gasteiger partial charge in [-0.25, -0.2) is 0 Å². The number of rotatable bonds is 6. The summed E-state index contributed by atoms with van der Waals surface area (Å²) < 4.78 is 29.4. The lowest BCUT2D eigenvalue weighted by molar-refractivity contribution is -0.0766. The molecule has 5 atom stereocenters. The Morgan fingerprint density at radius 2 is 1.71 bits per heavy atom. The number of benzene rings is 3. The normalized spacial score (nSPS) is 25.2. The maximum Gasteiger partial charge on any atom is 0.261 e. The van der Waals surface area contributed by atoms with Crippen molar-refractivity contribution in [1.29, 1.82) is 5.26 Å². The number of piperazine rings is 1. The zero-order valence-electron chi connectivity index (χ0n) is 27.4. The molecule has 0 radical (unpaired) electrons. The van der Waals surface area contributed by atoms with E-state index in [2.05, 4.69) is 21.9 Å². The fourth-order valence-electron chi connectivity index (χ4n) is 8.84. The summed E-state index contributed by atoms with van der Waals surface area (Å²) in [5.41, 5.74) is 5.42. The van der Waals surface area contributed by atoms with E-state index in [9.17, 15) is 20.0 Å². The van der Waals surface area contributed by atoms with E-state index in [0.29, 0.717) is 63.7 Å². The van der Waals surface area contributed by atoms with Gasteiger partial charge >= 0.3 is 0 Å². The average molecular weight is 653 g/mol. The van der Waals surface area contributed by atoms with Crippen molar-refractivity contribution in [1.82, 2.24) is 14.7 Å². The van der Waals surface area contributed by atoms with Gasteiger partial charge in [0.05, 0.1) is 36.4 Å². The highest BCUT2D eigenvalue weighted by Crippen LogP contribution is 2.58. The van der Waals surface area contributed by atoms with Crippen LogP contribution in [0.3, 0.4) is 0 Å². The number of carbonyl (C=O) groups excluding carboxylic acids is 2. The molecule has 2 amide bonds. The van der Waals surface area contributed by atoms with Crippen LogP contribution < -0.4 is 18.9 Å². The lowest BCUT2D eigenvalue weighted by Gasteiger charge is -2.60. The minimum Gasteiger partial charge on any atom is -0.507 e. The highest BCUT2D eigenvalue weighted by Gasteiger charge is 2.57. The van der Waals surface area contributed by atoms with Crippen molar-refractivity contribution in [3.63, 3.8) is 0 Å². The number of hydrogen-bond donors (Lipinski definition) is 1. The lowest BCUT2D eigenvalue weighted by Crippen LogP contribution is -2.69. The molecule has 48 heavy (non-hydrogen) atoms. The van der Waals surface area contributed by atoms with Crippen LogP contribution in [-0.2, 0) is 17.6 Å². The molecule has 2 bridgehead atoms. The Balaban J connectivity index is 1.35. The number of fused-ring (bicyclic) bond motifs is 10. The maximum absolute atomic E-state index is 13.8. The molecular formula is C36H36N4O8. The van der Waals surface area contributed by atoms with Crippen LogP contribution in [0.1, 0.15) is 66.2 Å². The summed E-state index contributed by atoms with van der Waals surface area (Å²) in [6, 6.07) is 9.25. The lowest BCUT2D eigenvalue weighted by atomic mass is 9.71. The summed E-state index contributed by atoms with van der Waals surface area (Å²) in [5.74, 6) is 1.37. The molecule has 5 aliphatic rings. The van der Waals surface area contributed by atoms with Gasteiger partial charge in [-0.2, -0.15) is 5.26 Å². The number of ether oxygens (including phenoxy) is 5. The molecule has 0 aliphatic carbocycles. The van der Waals surface area contributed by atoms with Crippen LogP contribution in [-0.4, -0.2) is 91.1 Å². The molecule has 12 heteroatoms. The summed E-state index contributed by atoms with van der Waals surface area (Å²) in [7, 11) is 5.20. The smallest absolute Gasteiger partial charge is 0.261 e. The number of phenols is 1. The second-order valence-corrected chi connectivity index (χ2v) is 13.1. The summed E-state index contributed by atoms with van der Waals surface area (Å²) in [6.45, 7) is 3.69. The molecular weight excluding hydrogens is 616 g/mol. The molecule has 12 nitrogen and oxygen atoms in total. The van der Waals surface area contributed by atoms with Gasteiger partial charge in [0.15, 0.2) is 29.8 Å². The van der Waals surface area contributed by atoms with E-state index in [1.807, 2.05) is 14.0 Å². The Kier molecular flexibility index (Phi) is 7.07. The average Bonchev–Trinajstić information content (AvgIpc) is 3.66. The number of phenolic OH excluding ortho intramolecular Hbond substituents is 1. The molecule has 1 fully saturated rings. The van der Waals surface area contributed by atoms with E-state index < -0.39 is 23.9 Å². The van der Waals surface area contributed by atoms with Crippen LogP contribution in [0.25, 0.3) is 0 Å². The van der Waals surface area contributed by atoms with Crippen LogP contribution in [0.4, 0.5) is 0 Å². The Morgan fingerprint density at radius 3 is 2.38 bits per heavy atom. The number of aromatic hydroxyl groups is 1. The van der Waals surface area contributed by atoms with Crippen molar-refractivity contribution in [3.05, 3.63) is 74.8 Å². The van der Waals surface area contributed by atoms with Crippen molar-refractivity contribution in [2.24, 2.45) is 0 Å². The highest BCUT2D eigenvalue weighted by molar-refractivity contribution is 6.21. The van der Waals surface area contributed by atoms with E-state index in [1.165, 1.54) is 4.90 Å². The predicted octanol–water partition coefficient (Wildman–Crippen LogP) is 3.80. The van der Waals surface area contributed by atoms with Crippen LogP contribution in [0.15, 0.2) is 30.3 Å². The summed E-state index contributed by atoms with van der Waals surface area (Å²) in [6.07, 6.45) is 0.915. The van der Waals surface area contributed by atoms with Crippen molar-refractivity contribution in [3.8, 4) is 34.8 Å². The Labute approximate surface area is 277 Å². The third kappa shape index (κ3) is 4.04. The van der Waals surface area contributed by atoms with Gasteiger partial charge in [0.1, 0.15) is 11.8 Å². The number of amides is 2. The van der Waals surface area contributed by atoms with Gasteiger partial charge in [0.25, 0.3) is 11.8 Å². The van der Waals surface area contributed by atoms with Gasteiger partial charge in [-0.15, -0.1) is 0 Å². The predicted molar refractivity (Wildman–Crippen MR) is 170 cm³/mol. The fraction of sp³-hybridized carbons (Fsp3) is 0.417. The molecule has 1 N–H and O–H groups in total. The standard InChI is InChI=1S/C36H36N4O8/c1-17-10-19-11-23-25(13-37)40-24(29(38(23)3)27(19)33(31(17)45-5)46-15-44-4)12-22-28(34-32(47-16-48-34)18(2)30(22)41)26(40)14-39-35(42)20-8-6-7-9-21(20)36(39)43/h6-10,23-26,29,41H,11-12,14-16H2,1-5H3/t23-,24?,25?,26-,29-/m0/s1. The molecule has 2 unspecified atom stereocenters. The number of carbonyl (C=O) groups is 2. The van der Waals surface area contributed by atoms with Gasteiger partial charge in [-0.05, 0) is 57.0 Å². The van der Waals surface area contributed by atoms with Crippen LogP contribution in [0.5, 0.6) is 28.7 Å². The van der Waals surface area contributed by atoms with Gasteiger partial charge in [-0.3, -0.25) is 24.3 Å².